The van der Waals surface area contributed by atoms with Crippen molar-refractivity contribution in [2.45, 2.75) is 20.0 Å². The third-order valence-electron chi connectivity index (χ3n) is 4.77. The van der Waals surface area contributed by atoms with Gasteiger partial charge in [-0.05, 0) is 43.3 Å². The van der Waals surface area contributed by atoms with Crippen LogP contribution in [0.5, 0.6) is 5.75 Å². The summed E-state index contributed by atoms with van der Waals surface area (Å²) in [6.07, 6.45) is 3.20. The first kappa shape index (κ1) is 21.0. The van der Waals surface area contributed by atoms with Gasteiger partial charge in [-0.25, -0.2) is 4.79 Å². The van der Waals surface area contributed by atoms with Gasteiger partial charge >= 0.3 is 5.69 Å². The summed E-state index contributed by atoms with van der Waals surface area (Å²) >= 11 is 0. The molecule has 0 bridgehead atoms. The lowest BCUT2D eigenvalue weighted by molar-refractivity contribution is -0.116. The minimum Gasteiger partial charge on any atom is -0.492 e. The van der Waals surface area contributed by atoms with Gasteiger partial charge < -0.3 is 14.6 Å². The minimum atomic E-state index is -0.699. The molecule has 1 aromatic carbocycles. The van der Waals surface area contributed by atoms with Gasteiger partial charge in [-0.15, -0.1) is 0 Å². The van der Waals surface area contributed by atoms with E-state index in [-0.39, 0.29) is 30.4 Å². The first-order chi connectivity index (χ1) is 15.6. The second-order valence-electron chi connectivity index (χ2n) is 6.96. The van der Waals surface area contributed by atoms with Crippen molar-refractivity contribution < 1.29 is 9.53 Å². The third kappa shape index (κ3) is 4.41. The van der Waals surface area contributed by atoms with Crippen LogP contribution in [-0.2, 0) is 17.9 Å². The Balaban J connectivity index is 1.62. The van der Waals surface area contributed by atoms with Crippen molar-refractivity contribution in [1.29, 1.82) is 0 Å². The fourth-order valence-corrected chi connectivity index (χ4v) is 3.33. The highest BCUT2D eigenvalue weighted by Crippen LogP contribution is 2.23. The van der Waals surface area contributed by atoms with Crippen LogP contribution in [-0.4, -0.2) is 31.6 Å². The summed E-state index contributed by atoms with van der Waals surface area (Å²) in [4.78, 5) is 46.5. The molecule has 1 amide bonds. The molecular formula is C23H21N5O4. The van der Waals surface area contributed by atoms with Gasteiger partial charge in [-0.1, -0.05) is 18.2 Å². The van der Waals surface area contributed by atoms with Gasteiger partial charge in [0.25, 0.3) is 5.56 Å². The van der Waals surface area contributed by atoms with Crippen LogP contribution in [0.3, 0.4) is 0 Å². The lowest BCUT2D eigenvalue weighted by Crippen LogP contribution is -2.38. The zero-order chi connectivity index (χ0) is 22.5. The molecule has 0 saturated heterocycles. The average Bonchev–Trinajstić information content (AvgIpc) is 2.79. The molecule has 1 N–H and O–H groups in total. The van der Waals surface area contributed by atoms with Crippen LogP contribution in [0.2, 0.25) is 0 Å². The van der Waals surface area contributed by atoms with E-state index in [2.05, 4.69) is 15.3 Å². The highest BCUT2D eigenvalue weighted by atomic mass is 16.5. The highest BCUT2D eigenvalue weighted by Gasteiger charge is 2.19. The van der Waals surface area contributed by atoms with E-state index in [1.54, 1.807) is 60.9 Å². The van der Waals surface area contributed by atoms with Gasteiger partial charge in [-0.3, -0.25) is 19.1 Å². The maximum Gasteiger partial charge on any atom is 0.352 e. The van der Waals surface area contributed by atoms with E-state index in [9.17, 15) is 14.4 Å². The monoisotopic (exact) mass is 431 g/mol. The lowest BCUT2D eigenvalue weighted by Gasteiger charge is -2.16. The zero-order valence-corrected chi connectivity index (χ0v) is 17.4. The molecule has 0 spiro atoms. The van der Waals surface area contributed by atoms with Crippen molar-refractivity contribution in [3.63, 3.8) is 0 Å². The zero-order valence-electron chi connectivity index (χ0n) is 17.4. The van der Waals surface area contributed by atoms with E-state index in [1.807, 2.05) is 13.0 Å². The molecule has 9 heteroatoms. The number of anilines is 1. The molecule has 0 fully saturated rings. The second-order valence-corrected chi connectivity index (χ2v) is 6.96. The molecule has 0 aliphatic carbocycles. The number of fused-ring (bicyclic) bond motifs is 1. The number of amides is 1. The van der Waals surface area contributed by atoms with E-state index in [0.717, 1.165) is 4.57 Å². The Hall–Kier alpha value is -4.27. The normalized spacial score (nSPS) is 10.8. The van der Waals surface area contributed by atoms with E-state index < -0.39 is 11.2 Å². The van der Waals surface area contributed by atoms with Gasteiger partial charge in [0.2, 0.25) is 5.91 Å². The van der Waals surface area contributed by atoms with Gasteiger partial charge in [0.1, 0.15) is 12.3 Å². The second kappa shape index (κ2) is 9.25. The standard InChI is InChI=1S/C23H21N5O4/c1-2-32-19-11-4-3-10-18(19)25-20(29)15-27-13-7-9-17-21(27)26-23(31)28(22(17)30)14-16-8-5-6-12-24-16/h3-13H,2,14-15H2,1H3,(H,25,29). The van der Waals surface area contributed by atoms with Crippen LogP contribution >= 0.6 is 0 Å². The number of hydrogen-bond acceptors (Lipinski definition) is 6. The molecule has 0 unspecified atom stereocenters. The number of ether oxygens (including phenoxy) is 1. The highest BCUT2D eigenvalue weighted by molar-refractivity contribution is 5.92. The summed E-state index contributed by atoms with van der Waals surface area (Å²) in [5.74, 6) is 0.359. The molecule has 32 heavy (non-hydrogen) atoms. The predicted octanol–water partition coefficient (Wildman–Crippen LogP) is 1.99. The van der Waals surface area contributed by atoms with Crippen molar-refractivity contribution in [1.82, 2.24) is 19.1 Å². The number of carbonyl (C=O) groups excluding carboxylic acids is 1. The Morgan fingerprint density at radius 1 is 1.06 bits per heavy atom. The maximum absolute atomic E-state index is 13.0. The van der Waals surface area contributed by atoms with Crippen LogP contribution in [0, 0.1) is 0 Å². The number of para-hydroxylation sites is 2. The summed E-state index contributed by atoms with van der Waals surface area (Å²) in [7, 11) is 0. The summed E-state index contributed by atoms with van der Waals surface area (Å²) in [5.41, 5.74) is 0.169. The summed E-state index contributed by atoms with van der Waals surface area (Å²) in [5, 5.41) is 2.80. The molecule has 4 rings (SSSR count). The largest absolute Gasteiger partial charge is 0.492 e. The predicted molar refractivity (Wildman–Crippen MR) is 119 cm³/mol. The Bertz CT molecular complexity index is 1330. The van der Waals surface area contributed by atoms with E-state index >= 15 is 0 Å². The number of nitrogens with one attached hydrogen (secondary N) is 1. The summed E-state index contributed by atoms with van der Waals surface area (Å²) in [6.45, 7) is 2.21. The molecule has 1 aromatic heterocycles. The number of aromatic nitrogens is 4. The Labute approximate surface area is 183 Å². The van der Waals surface area contributed by atoms with Crippen LogP contribution in [0.4, 0.5) is 5.69 Å². The Kier molecular flexibility index (Phi) is 6.07. The van der Waals surface area contributed by atoms with Crippen LogP contribution in [0.15, 0.2) is 76.6 Å². The molecule has 2 aliphatic heterocycles. The van der Waals surface area contributed by atoms with Gasteiger partial charge in [0.05, 0.1) is 30.1 Å². The lowest BCUT2D eigenvalue weighted by atomic mass is 10.2. The third-order valence-corrected chi connectivity index (χ3v) is 4.77. The molecule has 9 nitrogen and oxygen atoms in total. The quantitative estimate of drug-likeness (QED) is 0.479. The average molecular weight is 431 g/mol. The van der Waals surface area contributed by atoms with E-state index in [1.165, 1.54) is 4.57 Å². The Morgan fingerprint density at radius 2 is 1.88 bits per heavy atom. The van der Waals surface area contributed by atoms with Crippen molar-refractivity contribution in [3.05, 3.63) is 93.5 Å². The maximum atomic E-state index is 13.0. The number of hydrogen-bond donors (Lipinski definition) is 1. The molecule has 2 aromatic rings. The number of benzene rings is 1. The molecule has 2 aliphatic rings. The fourth-order valence-electron chi connectivity index (χ4n) is 3.33. The number of rotatable bonds is 7. The van der Waals surface area contributed by atoms with Gasteiger partial charge in [0.15, 0.2) is 5.82 Å². The molecule has 0 radical (unpaired) electrons. The SMILES string of the molecule is CCOc1ccccc1NC(=O)Cn1cccc2c(=O)n(Cc3ccccn3)c(=O)nc1-2. The van der Waals surface area contributed by atoms with Crippen LogP contribution in [0.1, 0.15) is 12.6 Å². The molecule has 0 saturated carbocycles. The van der Waals surface area contributed by atoms with Crippen molar-refractivity contribution >= 4 is 11.6 Å². The fraction of sp³-hybridized carbons (Fsp3) is 0.174. The molecule has 162 valence electrons. The first-order valence-corrected chi connectivity index (χ1v) is 10.1. The van der Waals surface area contributed by atoms with Gasteiger partial charge in [0, 0.05) is 12.4 Å². The topological polar surface area (TPSA) is 108 Å². The first-order valence-electron chi connectivity index (χ1n) is 10.1. The van der Waals surface area contributed by atoms with Crippen molar-refractivity contribution in [2.24, 2.45) is 0 Å². The van der Waals surface area contributed by atoms with Crippen LogP contribution < -0.4 is 21.3 Å². The number of carbonyl (C=O) groups is 1. The van der Waals surface area contributed by atoms with Crippen molar-refractivity contribution in [2.75, 3.05) is 11.9 Å². The van der Waals surface area contributed by atoms with E-state index in [4.69, 9.17) is 4.74 Å². The molecule has 0 atom stereocenters. The van der Waals surface area contributed by atoms with Crippen LogP contribution in [0.25, 0.3) is 11.4 Å². The smallest absolute Gasteiger partial charge is 0.352 e. The number of pyridine rings is 2. The molecule has 3 heterocycles. The molecular weight excluding hydrogens is 410 g/mol. The minimum absolute atomic E-state index is 0.0189. The Morgan fingerprint density at radius 3 is 2.66 bits per heavy atom. The van der Waals surface area contributed by atoms with Crippen molar-refractivity contribution in [3.8, 4) is 17.1 Å². The van der Waals surface area contributed by atoms with E-state index in [0.29, 0.717) is 23.7 Å². The summed E-state index contributed by atoms with van der Waals surface area (Å²) < 4.78 is 8.04. The summed E-state index contributed by atoms with van der Waals surface area (Å²) in [6, 6.07) is 15.6. The number of nitrogens with zero attached hydrogens (tertiary/aromatic N) is 4. The van der Waals surface area contributed by atoms with Gasteiger partial charge in [-0.2, -0.15) is 4.98 Å².